The number of carbonyl (C=O) groups is 1. The van der Waals surface area contributed by atoms with Crippen LogP contribution in [0.3, 0.4) is 0 Å². The molecule has 0 saturated heterocycles. The van der Waals surface area contributed by atoms with Crippen molar-refractivity contribution < 1.29 is 18.7 Å². The second-order valence-corrected chi connectivity index (χ2v) is 7.97. The molecule has 29 heavy (non-hydrogen) atoms. The van der Waals surface area contributed by atoms with E-state index in [1.165, 1.54) is 12.1 Å². The molecule has 5 nitrogen and oxygen atoms in total. The molecule has 0 bridgehead atoms. The number of rotatable bonds is 4. The van der Waals surface area contributed by atoms with E-state index in [4.69, 9.17) is 9.47 Å². The van der Waals surface area contributed by atoms with Gasteiger partial charge in [-0.2, -0.15) is 0 Å². The van der Waals surface area contributed by atoms with Crippen molar-refractivity contribution in [1.29, 1.82) is 0 Å². The number of hydrogen-bond acceptors (Lipinski definition) is 4. The predicted molar refractivity (Wildman–Crippen MR) is 110 cm³/mol. The highest BCUT2D eigenvalue weighted by molar-refractivity contribution is 5.74. The van der Waals surface area contributed by atoms with Gasteiger partial charge >= 0.3 is 6.09 Å². The molecule has 1 aliphatic heterocycles. The van der Waals surface area contributed by atoms with Crippen molar-refractivity contribution in [2.75, 3.05) is 13.1 Å². The zero-order valence-electron chi connectivity index (χ0n) is 17.4. The third-order valence-corrected chi connectivity index (χ3v) is 4.59. The van der Waals surface area contributed by atoms with Gasteiger partial charge in [0.25, 0.3) is 0 Å². The number of aryl methyl sites for hydroxylation is 1. The Hall–Kier alpha value is -2.89. The summed E-state index contributed by atoms with van der Waals surface area (Å²) >= 11 is 0. The van der Waals surface area contributed by atoms with Crippen molar-refractivity contribution in [3.05, 3.63) is 59.5 Å². The summed E-state index contributed by atoms with van der Waals surface area (Å²) in [5.74, 6) is 0.791. The minimum atomic E-state index is -0.516. The molecule has 2 aromatic rings. The maximum Gasteiger partial charge on any atom is 0.410 e. The Balaban J connectivity index is 1.79. The number of aromatic nitrogens is 1. The molecule has 0 radical (unpaired) electrons. The fourth-order valence-corrected chi connectivity index (χ4v) is 3.15. The van der Waals surface area contributed by atoms with E-state index in [1.807, 2.05) is 45.9 Å². The summed E-state index contributed by atoms with van der Waals surface area (Å²) in [6, 6.07) is 8.31. The molecular formula is C23H27FN2O3. The van der Waals surface area contributed by atoms with Gasteiger partial charge in [0, 0.05) is 24.8 Å². The molecule has 0 saturated carbocycles. The van der Waals surface area contributed by atoms with Crippen molar-refractivity contribution in [2.24, 2.45) is 0 Å². The van der Waals surface area contributed by atoms with Gasteiger partial charge in [-0.05, 0) is 75.1 Å². The van der Waals surface area contributed by atoms with Crippen LogP contribution in [0, 0.1) is 5.82 Å². The lowest BCUT2D eigenvalue weighted by molar-refractivity contribution is 0.0270. The molecule has 0 fully saturated rings. The Bertz CT molecular complexity index is 919. The molecule has 1 aromatic heterocycles. The predicted octanol–water partition coefficient (Wildman–Crippen LogP) is 5.60. The summed E-state index contributed by atoms with van der Waals surface area (Å²) in [7, 11) is 0. The maximum atomic E-state index is 13.5. The smallest absolute Gasteiger partial charge is 0.410 e. The monoisotopic (exact) mass is 398 g/mol. The summed E-state index contributed by atoms with van der Waals surface area (Å²) in [6.07, 6.45) is 4.69. The minimum absolute atomic E-state index is 0.285. The van der Waals surface area contributed by atoms with Crippen LogP contribution in [0.15, 0.2) is 42.6 Å². The van der Waals surface area contributed by atoms with Gasteiger partial charge in [-0.15, -0.1) is 0 Å². The third-order valence-electron chi connectivity index (χ3n) is 4.59. The molecule has 0 aliphatic carbocycles. The molecule has 0 spiro atoms. The van der Waals surface area contributed by atoms with Crippen LogP contribution in [-0.4, -0.2) is 34.7 Å². The Kier molecular flexibility index (Phi) is 6.20. The van der Waals surface area contributed by atoms with Crippen molar-refractivity contribution >= 4 is 11.7 Å². The lowest BCUT2D eigenvalue weighted by Crippen LogP contribution is -2.39. The van der Waals surface area contributed by atoms with Gasteiger partial charge in [-0.25, -0.2) is 14.2 Å². The summed E-state index contributed by atoms with van der Waals surface area (Å²) in [5.41, 5.74) is 2.21. The zero-order valence-corrected chi connectivity index (χ0v) is 17.4. The summed E-state index contributed by atoms with van der Waals surface area (Å²) < 4.78 is 25.0. The Labute approximate surface area is 171 Å². The largest absolute Gasteiger partial charge is 0.444 e. The number of nitrogens with zero attached hydrogens (tertiary/aromatic N) is 2. The molecule has 3 rings (SSSR count). The number of pyridine rings is 1. The summed E-state index contributed by atoms with van der Waals surface area (Å²) in [5, 5.41) is 0. The van der Waals surface area contributed by atoms with Crippen LogP contribution < -0.4 is 4.74 Å². The molecule has 0 unspecified atom stereocenters. The lowest BCUT2D eigenvalue weighted by atomic mass is 10.0. The number of hydrogen-bond donors (Lipinski definition) is 0. The third kappa shape index (κ3) is 5.34. The Morgan fingerprint density at radius 3 is 2.72 bits per heavy atom. The van der Waals surface area contributed by atoms with Gasteiger partial charge in [-0.1, -0.05) is 13.0 Å². The fourth-order valence-electron chi connectivity index (χ4n) is 3.15. The quantitative estimate of drug-likeness (QED) is 0.673. The van der Waals surface area contributed by atoms with E-state index in [0.29, 0.717) is 37.6 Å². The van der Waals surface area contributed by atoms with Gasteiger partial charge in [0.05, 0.1) is 0 Å². The SMILES string of the molecule is CCc1cc(F)ccc1Oc1ncccc1C1=CCN(C(=O)OC(C)(C)C)CC1. The Morgan fingerprint density at radius 2 is 2.07 bits per heavy atom. The van der Waals surface area contributed by atoms with E-state index >= 15 is 0 Å². The first-order valence-electron chi connectivity index (χ1n) is 9.85. The first kappa shape index (κ1) is 20.8. The van der Waals surface area contributed by atoms with Crippen LogP contribution in [-0.2, 0) is 11.2 Å². The van der Waals surface area contributed by atoms with E-state index in [1.54, 1.807) is 17.2 Å². The average molecular weight is 398 g/mol. The van der Waals surface area contributed by atoms with Crippen molar-refractivity contribution in [1.82, 2.24) is 9.88 Å². The normalized spacial score (nSPS) is 14.4. The van der Waals surface area contributed by atoms with Crippen molar-refractivity contribution in [3.8, 4) is 11.6 Å². The minimum Gasteiger partial charge on any atom is -0.444 e. The second kappa shape index (κ2) is 8.64. The van der Waals surface area contributed by atoms with Gasteiger partial charge in [0.2, 0.25) is 5.88 Å². The molecule has 2 heterocycles. The molecule has 1 aliphatic rings. The first-order chi connectivity index (χ1) is 13.8. The van der Waals surface area contributed by atoms with E-state index in [-0.39, 0.29) is 11.9 Å². The summed E-state index contributed by atoms with van der Waals surface area (Å²) in [6.45, 7) is 8.55. The van der Waals surface area contributed by atoms with Gasteiger partial charge in [0.1, 0.15) is 17.2 Å². The van der Waals surface area contributed by atoms with Crippen molar-refractivity contribution in [2.45, 2.75) is 46.1 Å². The first-order valence-corrected chi connectivity index (χ1v) is 9.85. The van der Waals surface area contributed by atoms with Gasteiger partial charge in [-0.3, -0.25) is 0 Å². The standard InChI is InChI=1S/C23H27FN2O3/c1-5-16-15-18(24)8-9-20(16)28-21-19(7-6-12-25-21)17-10-13-26(14-11-17)22(27)29-23(2,3)4/h6-10,12,15H,5,11,13-14H2,1-4H3. The number of amides is 1. The average Bonchev–Trinajstić information content (AvgIpc) is 2.68. The zero-order chi connectivity index (χ0) is 21.0. The van der Waals surface area contributed by atoms with Crippen LogP contribution >= 0.6 is 0 Å². The maximum absolute atomic E-state index is 13.5. The van der Waals surface area contributed by atoms with E-state index < -0.39 is 5.60 Å². The van der Waals surface area contributed by atoms with Crippen LogP contribution in [0.25, 0.3) is 5.57 Å². The van der Waals surface area contributed by atoms with Crippen LogP contribution in [0.2, 0.25) is 0 Å². The lowest BCUT2D eigenvalue weighted by Gasteiger charge is -2.29. The molecule has 6 heteroatoms. The highest BCUT2D eigenvalue weighted by Gasteiger charge is 2.25. The molecule has 154 valence electrons. The number of carbonyl (C=O) groups excluding carboxylic acids is 1. The second-order valence-electron chi connectivity index (χ2n) is 7.97. The fraction of sp³-hybridized carbons (Fsp3) is 0.391. The molecule has 1 amide bonds. The van der Waals surface area contributed by atoms with Gasteiger partial charge in [0.15, 0.2) is 0 Å². The highest BCUT2D eigenvalue weighted by Crippen LogP contribution is 2.33. The Morgan fingerprint density at radius 1 is 1.28 bits per heavy atom. The highest BCUT2D eigenvalue weighted by atomic mass is 19.1. The van der Waals surface area contributed by atoms with Crippen molar-refractivity contribution in [3.63, 3.8) is 0 Å². The summed E-state index contributed by atoms with van der Waals surface area (Å²) in [4.78, 5) is 18.3. The van der Waals surface area contributed by atoms with Crippen LogP contribution in [0.1, 0.15) is 45.2 Å². The van der Waals surface area contributed by atoms with E-state index in [2.05, 4.69) is 4.98 Å². The molecule has 0 N–H and O–H groups in total. The van der Waals surface area contributed by atoms with Crippen LogP contribution in [0.5, 0.6) is 11.6 Å². The van der Waals surface area contributed by atoms with E-state index in [0.717, 1.165) is 16.7 Å². The number of benzene rings is 1. The molecule has 1 aromatic carbocycles. The molecule has 0 atom stereocenters. The number of ether oxygens (including phenoxy) is 2. The van der Waals surface area contributed by atoms with Crippen LogP contribution in [0.4, 0.5) is 9.18 Å². The topological polar surface area (TPSA) is 51.7 Å². The van der Waals surface area contributed by atoms with E-state index in [9.17, 15) is 9.18 Å². The van der Waals surface area contributed by atoms with Gasteiger partial charge < -0.3 is 14.4 Å². The number of halogens is 1. The molecular weight excluding hydrogens is 371 g/mol.